The van der Waals surface area contributed by atoms with Gasteiger partial charge >= 0.3 is 6.43 Å². The van der Waals surface area contributed by atoms with Crippen molar-refractivity contribution in [1.82, 2.24) is 15.1 Å². The molecule has 0 saturated carbocycles. The van der Waals surface area contributed by atoms with Crippen LogP contribution < -0.4 is 0 Å². The zero-order valence-electron chi connectivity index (χ0n) is 18.5. The average molecular weight is 473 g/mol. The topological polar surface area (TPSA) is 59.2 Å². The van der Waals surface area contributed by atoms with Crippen LogP contribution in [0.15, 0.2) is 65.2 Å². The molecular formula is C25H23F4N3O2. The van der Waals surface area contributed by atoms with Crippen LogP contribution in [-0.2, 0) is 6.42 Å². The van der Waals surface area contributed by atoms with Gasteiger partial charge in [-0.2, -0.15) is 8.78 Å². The van der Waals surface area contributed by atoms with E-state index in [1.54, 1.807) is 47.4 Å². The number of Topliss-reactive ketones (excluding diaryl/α,β-unsaturated/α-hetero) is 1. The maximum atomic E-state index is 14.3. The second-order valence-electron chi connectivity index (χ2n) is 8.18. The molecule has 34 heavy (non-hydrogen) atoms. The normalized spacial score (nSPS) is 17.7. The van der Waals surface area contributed by atoms with E-state index in [1.165, 1.54) is 6.07 Å². The van der Waals surface area contributed by atoms with Gasteiger partial charge in [0.25, 0.3) is 11.8 Å². The number of nitrogens with zero attached hydrogens (tertiary/aromatic N) is 3. The molecule has 3 aromatic rings. The number of benzene rings is 2. The van der Waals surface area contributed by atoms with E-state index in [4.69, 9.17) is 4.42 Å². The molecule has 0 bridgehead atoms. The van der Waals surface area contributed by atoms with Crippen LogP contribution in [0.2, 0.25) is 0 Å². The Labute approximate surface area is 194 Å². The van der Waals surface area contributed by atoms with Crippen LogP contribution in [-0.4, -0.2) is 33.3 Å². The zero-order valence-corrected chi connectivity index (χ0v) is 18.5. The first-order chi connectivity index (χ1) is 16.2. The highest BCUT2D eigenvalue weighted by molar-refractivity contribution is 6.09. The van der Waals surface area contributed by atoms with Gasteiger partial charge in [0, 0.05) is 30.5 Å². The largest absolute Gasteiger partial charge is 0.415 e. The van der Waals surface area contributed by atoms with Crippen molar-refractivity contribution in [1.29, 1.82) is 0 Å². The minimum atomic E-state index is -2.91. The molecule has 5 nitrogen and oxygen atoms in total. The molecule has 1 aliphatic heterocycles. The first kappa shape index (κ1) is 23.7. The molecule has 1 saturated heterocycles. The van der Waals surface area contributed by atoms with Crippen LogP contribution in [0.25, 0.3) is 11.5 Å². The Kier molecular flexibility index (Phi) is 6.54. The van der Waals surface area contributed by atoms with Crippen molar-refractivity contribution in [2.45, 2.75) is 44.6 Å². The van der Waals surface area contributed by atoms with Gasteiger partial charge < -0.3 is 9.32 Å². The Morgan fingerprint density at radius 2 is 1.94 bits per heavy atom. The molecule has 9 heteroatoms. The molecule has 0 amide bonds. The van der Waals surface area contributed by atoms with Crippen molar-refractivity contribution in [3.05, 3.63) is 83.4 Å². The Morgan fingerprint density at radius 1 is 1.21 bits per heavy atom. The van der Waals surface area contributed by atoms with Gasteiger partial charge in [-0.3, -0.25) is 4.79 Å². The molecule has 1 atom stereocenters. The second-order valence-corrected chi connectivity index (χ2v) is 8.18. The van der Waals surface area contributed by atoms with Gasteiger partial charge in [0.05, 0.1) is 11.7 Å². The number of hydrogen-bond donors (Lipinski definition) is 0. The molecular weight excluding hydrogens is 450 g/mol. The second kappa shape index (κ2) is 9.40. The maximum absolute atomic E-state index is 14.3. The smallest absolute Gasteiger partial charge is 0.314 e. The molecule has 0 aliphatic carbocycles. The van der Waals surface area contributed by atoms with E-state index in [0.717, 1.165) is 0 Å². The fourth-order valence-corrected chi connectivity index (χ4v) is 4.19. The van der Waals surface area contributed by atoms with Crippen LogP contribution in [0.5, 0.6) is 0 Å². The van der Waals surface area contributed by atoms with Crippen molar-refractivity contribution >= 4 is 5.78 Å². The summed E-state index contributed by atoms with van der Waals surface area (Å²) in [6, 6.07) is 12.9. The van der Waals surface area contributed by atoms with Crippen LogP contribution in [0, 0.1) is 0 Å². The Morgan fingerprint density at radius 3 is 2.59 bits per heavy atom. The number of carbonyl (C=O) groups excluding carboxylic acids is 1. The van der Waals surface area contributed by atoms with E-state index in [2.05, 4.69) is 16.8 Å². The predicted molar refractivity (Wildman–Crippen MR) is 118 cm³/mol. The number of carbonyl (C=O) groups is 1. The molecule has 1 fully saturated rings. The Bertz CT molecular complexity index is 1190. The number of ketones is 1. The number of allylic oxidation sites excluding steroid dienone is 1. The molecule has 0 spiro atoms. The van der Waals surface area contributed by atoms with E-state index in [9.17, 15) is 22.4 Å². The molecule has 2 aromatic carbocycles. The number of piperidine rings is 1. The van der Waals surface area contributed by atoms with Gasteiger partial charge in [-0.1, -0.05) is 49.9 Å². The van der Waals surface area contributed by atoms with Gasteiger partial charge in [-0.05, 0) is 29.7 Å². The van der Waals surface area contributed by atoms with Crippen LogP contribution in [0.1, 0.15) is 59.6 Å². The van der Waals surface area contributed by atoms with E-state index >= 15 is 0 Å². The van der Waals surface area contributed by atoms with Crippen molar-refractivity contribution in [2.75, 3.05) is 6.54 Å². The SMILES string of the molecule is C=C(C(=O)c1cc(-c2nnc(C(F)F)o2)ccc1CC)N1CCC(F)(F)CC1c1ccccc1. The fraction of sp³-hybridized carbons (Fsp3) is 0.320. The molecule has 1 aliphatic rings. The third kappa shape index (κ3) is 4.73. The minimum Gasteiger partial charge on any atom is -0.415 e. The lowest BCUT2D eigenvalue weighted by Crippen LogP contribution is -2.42. The fourth-order valence-electron chi connectivity index (χ4n) is 4.19. The van der Waals surface area contributed by atoms with E-state index in [1.807, 2.05) is 6.92 Å². The number of alkyl halides is 4. The molecule has 0 N–H and O–H groups in total. The standard InChI is InChI=1S/C25H23F4N3O2/c1-3-16-9-10-18(23-30-31-24(34-23)22(26)27)13-19(16)21(33)15(2)32-12-11-25(28,29)14-20(32)17-7-5-4-6-8-17/h4-10,13,20,22H,2-3,11-12,14H2,1H3. The summed E-state index contributed by atoms with van der Waals surface area (Å²) in [5, 5.41) is 6.97. The van der Waals surface area contributed by atoms with Gasteiger partial charge in [0.2, 0.25) is 11.7 Å². The lowest BCUT2D eigenvalue weighted by Gasteiger charge is -2.41. The first-order valence-electron chi connectivity index (χ1n) is 10.9. The van der Waals surface area contributed by atoms with Crippen molar-refractivity contribution in [2.24, 2.45) is 0 Å². The summed E-state index contributed by atoms with van der Waals surface area (Å²) >= 11 is 0. The van der Waals surface area contributed by atoms with Crippen molar-refractivity contribution in [3.63, 3.8) is 0 Å². The van der Waals surface area contributed by atoms with Crippen molar-refractivity contribution in [3.8, 4) is 11.5 Å². The molecule has 178 valence electrons. The third-order valence-electron chi connectivity index (χ3n) is 5.99. The molecule has 1 unspecified atom stereocenters. The van der Waals surface area contributed by atoms with Crippen LogP contribution >= 0.6 is 0 Å². The number of likely N-dealkylation sites (tertiary alicyclic amines) is 1. The summed E-state index contributed by atoms with van der Waals surface area (Å²) in [4.78, 5) is 15.2. The minimum absolute atomic E-state index is 0.0281. The quantitative estimate of drug-likeness (QED) is 0.226. The summed E-state index contributed by atoms with van der Waals surface area (Å²) in [5.74, 6) is -4.24. The number of aryl methyl sites for hydroxylation is 1. The van der Waals surface area contributed by atoms with Crippen LogP contribution in [0.3, 0.4) is 0 Å². The van der Waals surface area contributed by atoms with E-state index in [0.29, 0.717) is 23.1 Å². The van der Waals surface area contributed by atoms with E-state index < -0.39 is 36.5 Å². The molecule has 0 radical (unpaired) electrons. The van der Waals surface area contributed by atoms with E-state index in [-0.39, 0.29) is 30.1 Å². The Balaban J connectivity index is 1.67. The van der Waals surface area contributed by atoms with Gasteiger partial charge in [-0.15, -0.1) is 10.2 Å². The molecule has 4 rings (SSSR count). The monoisotopic (exact) mass is 473 g/mol. The zero-order chi connectivity index (χ0) is 24.5. The molecule has 2 heterocycles. The van der Waals surface area contributed by atoms with Gasteiger partial charge in [0.15, 0.2) is 0 Å². The summed E-state index contributed by atoms with van der Waals surface area (Å²) in [6.45, 7) is 5.80. The first-order valence-corrected chi connectivity index (χ1v) is 10.9. The number of halogens is 4. The number of hydrogen-bond acceptors (Lipinski definition) is 5. The highest BCUT2D eigenvalue weighted by atomic mass is 19.3. The predicted octanol–water partition coefficient (Wildman–Crippen LogP) is 6.41. The Hall–Kier alpha value is -3.49. The van der Waals surface area contributed by atoms with Crippen LogP contribution in [0.4, 0.5) is 17.6 Å². The lowest BCUT2D eigenvalue weighted by atomic mass is 9.90. The third-order valence-corrected chi connectivity index (χ3v) is 5.99. The molecule has 1 aromatic heterocycles. The maximum Gasteiger partial charge on any atom is 0.314 e. The summed E-state index contributed by atoms with van der Waals surface area (Å²) in [6.07, 6.45) is -3.21. The number of aromatic nitrogens is 2. The average Bonchev–Trinajstić information content (AvgIpc) is 3.33. The summed E-state index contributed by atoms with van der Waals surface area (Å²) < 4.78 is 59.3. The van der Waals surface area contributed by atoms with Gasteiger partial charge in [-0.25, -0.2) is 8.78 Å². The lowest BCUT2D eigenvalue weighted by molar-refractivity contribution is -0.0706. The van der Waals surface area contributed by atoms with Gasteiger partial charge in [0.1, 0.15) is 0 Å². The summed E-state index contributed by atoms with van der Waals surface area (Å²) in [5.41, 5.74) is 2.05. The summed E-state index contributed by atoms with van der Waals surface area (Å²) in [7, 11) is 0. The highest BCUT2D eigenvalue weighted by Crippen LogP contribution is 2.42. The highest BCUT2D eigenvalue weighted by Gasteiger charge is 2.42. The van der Waals surface area contributed by atoms with Crippen molar-refractivity contribution < 1.29 is 26.8 Å². The number of rotatable bonds is 7.